The summed E-state index contributed by atoms with van der Waals surface area (Å²) in [6, 6.07) is 4.28. The van der Waals surface area contributed by atoms with Crippen molar-refractivity contribution in [1.29, 1.82) is 0 Å². The molecule has 1 fully saturated rings. The summed E-state index contributed by atoms with van der Waals surface area (Å²) in [5.74, 6) is 1.96. The highest BCUT2D eigenvalue weighted by Crippen LogP contribution is 2.18. The predicted octanol–water partition coefficient (Wildman–Crippen LogP) is 4.05. The summed E-state index contributed by atoms with van der Waals surface area (Å²) in [4.78, 5) is 18.1. The highest BCUT2D eigenvalue weighted by Gasteiger charge is 2.12. The third-order valence-electron chi connectivity index (χ3n) is 4.83. The second-order valence-electron chi connectivity index (χ2n) is 7.04. The van der Waals surface area contributed by atoms with E-state index in [0.717, 1.165) is 48.7 Å². The van der Waals surface area contributed by atoms with Crippen LogP contribution in [-0.4, -0.2) is 48.0 Å². The van der Waals surface area contributed by atoms with Crippen LogP contribution in [0.4, 0.5) is 5.82 Å². The van der Waals surface area contributed by atoms with E-state index in [1.807, 2.05) is 27.2 Å². The number of halogens is 1. The zero-order valence-corrected chi connectivity index (χ0v) is 20.2. The molecule has 3 heterocycles. The molecule has 0 bridgehead atoms. The Labute approximate surface area is 189 Å². The molecule has 1 aliphatic rings. The Hall–Kier alpha value is -1.42. The zero-order valence-electron chi connectivity index (χ0n) is 17.0. The third kappa shape index (κ3) is 6.58. The second kappa shape index (κ2) is 11.5. The maximum absolute atomic E-state index is 4.60. The second-order valence-corrected chi connectivity index (χ2v) is 8.10. The van der Waals surface area contributed by atoms with Gasteiger partial charge in [0.1, 0.15) is 5.82 Å². The van der Waals surface area contributed by atoms with Crippen molar-refractivity contribution in [2.75, 3.05) is 32.1 Å². The van der Waals surface area contributed by atoms with Gasteiger partial charge >= 0.3 is 0 Å². The van der Waals surface area contributed by atoms with Crippen molar-refractivity contribution in [2.24, 2.45) is 4.99 Å². The van der Waals surface area contributed by atoms with Gasteiger partial charge in [0.25, 0.3) is 0 Å². The quantitative estimate of drug-likeness (QED) is 0.371. The summed E-state index contributed by atoms with van der Waals surface area (Å²) in [5, 5.41) is 6.66. The van der Waals surface area contributed by atoms with Gasteiger partial charge in [-0.25, -0.2) is 9.97 Å². The van der Waals surface area contributed by atoms with Gasteiger partial charge in [-0.1, -0.05) is 12.8 Å². The lowest BCUT2D eigenvalue weighted by molar-refractivity contribution is 0.470. The van der Waals surface area contributed by atoms with Crippen LogP contribution in [0.3, 0.4) is 0 Å². The van der Waals surface area contributed by atoms with Crippen LogP contribution in [0.15, 0.2) is 28.7 Å². The molecule has 6 nitrogen and oxygen atoms in total. The minimum Gasteiger partial charge on any atom is -0.357 e. The first-order valence-electron chi connectivity index (χ1n) is 9.68. The predicted molar refractivity (Wildman–Crippen MR) is 129 cm³/mol. The van der Waals surface area contributed by atoms with Gasteiger partial charge in [-0.15, -0.1) is 35.3 Å². The smallest absolute Gasteiger partial charge is 0.194 e. The van der Waals surface area contributed by atoms with Crippen molar-refractivity contribution in [3.63, 3.8) is 0 Å². The molecule has 3 rings (SSSR count). The van der Waals surface area contributed by atoms with Gasteiger partial charge in [-0.05, 0) is 37.5 Å². The van der Waals surface area contributed by atoms with Crippen LogP contribution in [0.25, 0.3) is 0 Å². The highest BCUT2D eigenvalue weighted by molar-refractivity contribution is 14.0. The fourth-order valence-electron chi connectivity index (χ4n) is 3.41. The van der Waals surface area contributed by atoms with E-state index >= 15 is 0 Å². The van der Waals surface area contributed by atoms with Crippen molar-refractivity contribution in [2.45, 2.75) is 45.7 Å². The molecule has 0 aromatic carbocycles. The number of aryl methyl sites for hydroxylation is 1. The average Bonchev–Trinajstić information content (AvgIpc) is 2.92. The number of rotatable bonds is 5. The minimum atomic E-state index is 0. The van der Waals surface area contributed by atoms with Crippen molar-refractivity contribution < 1.29 is 0 Å². The van der Waals surface area contributed by atoms with Crippen LogP contribution in [-0.2, 0) is 13.1 Å². The van der Waals surface area contributed by atoms with E-state index in [1.165, 1.54) is 31.2 Å². The number of aromatic nitrogens is 2. The van der Waals surface area contributed by atoms with E-state index in [-0.39, 0.29) is 24.0 Å². The molecule has 154 valence electrons. The number of anilines is 1. The number of hydrogen-bond donors (Lipinski definition) is 1. The molecule has 8 heteroatoms. The Balaban J connectivity index is 0.00000280. The van der Waals surface area contributed by atoms with Crippen molar-refractivity contribution in [3.05, 3.63) is 40.0 Å². The molecule has 2 aromatic heterocycles. The van der Waals surface area contributed by atoms with Crippen LogP contribution in [0.5, 0.6) is 0 Å². The van der Waals surface area contributed by atoms with E-state index in [2.05, 4.69) is 47.6 Å². The summed E-state index contributed by atoms with van der Waals surface area (Å²) in [6.07, 6.45) is 7.11. The molecule has 28 heavy (non-hydrogen) atoms. The van der Waals surface area contributed by atoms with Gasteiger partial charge in [0.15, 0.2) is 5.96 Å². The number of nitrogens with one attached hydrogen (secondary N) is 1. The molecule has 0 saturated carbocycles. The Kier molecular flexibility index (Phi) is 9.43. The Morgan fingerprint density at radius 1 is 1.29 bits per heavy atom. The average molecular weight is 514 g/mol. The molecule has 0 unspecified atom stereocenters. The lowest BCUT2D eigenvalue weighted by atomic mass is 10.2. The molecule has 0 radical (unpaired) electrons. The van der Waals surface area contributed by atoms with Crippen molar-refractivity contribution >= 4 is 47.1 Å². The summed E-state index contributed by atoms with van der Waals surface area (Å²) in [5.41, 5.74) is 2.30. The van der Waals surface area contributed by atoms with E-state index in [4.69, 9.17) is 0 Å². The van der Waals surface area contributed by atoms with Gasteiger partial charge < -0.3 is 15.1 Å². The molecule has 1 saturated heterocycles. The number of nitrogens with zero attached hydrogens (tertiary/aromatic N) is 5. The first-order valence-corrected chi connectivity index (χ1v) is 10.6. The number of aliphatic imine (C=N–C) groups is 1. The molecule has 0 atom stereocenters. The molecule has 2 aromatic rings. The lowest BCUT2D eigenvalue weighted by Gasteiger charge is -2.23. The van der Waals surface area contributed by atoms with Crippen LogP contribution < -0.4 is 10.2 Å². The third-order valence-corrected chi connectivity index (χ3v) is 5.65. The van der Waals surface area contributed by atoms with Gasteiger partial charge in [-0.3, -0.25) is 4.99 Å². The summed E-state index contributed by atoms with van der Waals surface area (Å²) in [7, 11) is 3.86. The van der Waals surface area contributed by atoms with E-state index < -0.39 is 0 Å². The molecule has 1 aliphatic heterocycles. The fraction of sp³-hybridized carbons (Fsp3) is 0.550. The number of thiazole rings is 1. The first-order chi connectivity index (χ1) is 13.2. The molecule has 0 amide bonds. The van der Waals surface area contributed by atoms with Crippen LogP contribution in [0.1, 0.15) is 41.9 Å². The number of guanidine groups is 1. The molecule has 1 N–H and O–H groups in total. The van der Waals surface area contributed by atoms with Crippen molar-refractivity contribution in [3.8, 4) is 0 Å². The van der Waals surface area contributed by atoms with Crippen LogP contribution in [0, 0.1) is 6.92 Å². The molecular weight excluding hydrogens is 483 g/mol. The minimum absolute atomic E-state index is 0. The lowest BCUT2D eigenvalue weighted by Crippen LogP contribution is -2.38. The maximum Gasteiger partial charge on any atom is 0.194 e. The SMILES string of the molecule is CN=C(NCc1ccnc(N2CCCCCC2)c1)N(C)Cc1csc(C)n1.I. The van der Waals surface area contributed by atoms with Gasteiger partial charge in [-0.2, -0.15) is 0 Å². The highest BCUT2D eigenvalue weighted by atomic mass is 127. The summed E-state index contributed by atoms with van der Waals surface area (Å²) >= 11 is 1.68. The normalized spacial score (nSPS) is 15.0. The number of pyridine rings is 1. The summed E-state index contributed by atoms with van der Waals surface area (Å²) in [6.45, 7) is 5.74. The maximum atomic E-state index is 4.60. The standard InChI is InChI=1S/C20H30N6S.HI/c1-16-24-18(15-27-16)14-25(3)20(21-2)23-13-17-8-9-22-19(12-17)26-10-6-4-5-7-11-26;/h8-9,12,15H,4-7,10-11,13-14H2,1-3H3,(H,21,23);1H. The molecule has 0 spiro atoms. The molecule has 0 aliphatic carbocycles. The summed E-state index contributed by atoms with van der Waals surface area (Å²) < 4.78 is 0. The monoisotopic (exact) mass is 514 g/mol. The fourth-order valence-corrected chi connectivity index (χ4v) is 4.01. The largest absolute Gasteiger partial charge is 0.357 e. The van der Waals surface area contributed by atoms with Gasteiger partial charge in [0.05, 0.1) is 17.2 Å². The van der Waals surface area contributed by atoms with E-state index in [9.17, 15) is 0 Å². The topological polar surface area (TPSA) is 56.7 Å². The Morgan fingerprint density at radius 3 is 2.68 bits per heavy atom. The van der Waals surface area contributed by atoms with Gasteiger partial charge in [0, 0.05) is 45.3 Å². The molecular formula is C20H31IN6S. The van der Waals surface area contributed by atoms with E-state index in [1.54, 1.807) is 11.3 Å². The first kappa shape index (κ1) is 22.9. The number of hydrogen-bond acceptors (Lipinski definition) is 5. The Morgan fingerprint density at radius 2 is 2.04 bits per heavy atom. The van der Waals surface area contributed by atoms with Crippen molar-refractivity contribution in [1.82, 2.24) is 20.2 Å². The van der Waals surface area contributed by atoms with E-state index in [0.29, 0.717) is 0 Å². The zero-order chi connectivity index (χ0) is 19.1. The van der Waals surface area contributed by atoms with Gasteiger partial charge in [0.2, 0.25) is 0 Å². The van der Waals surface area contributed by atoms with Crippen LogP contribution in [0.2, 0.25) is 0 Å². The van der Waals surface area contributed by atoms with Crippen LogP contribution >= 0.6 is 35.3 Å². The Bertz CT molecular complexity index is 755.